The molecule has 0 aliphatic rings. The Labute approximate surface area is 117 Å². The zero-order chi connectivity index (χ0) is 15.2. The largest absolute Gasteiger partial charge is 0.309 e. The maximum absolute atomic E-state index is 13.2. The van der Waals surface area contributed by atoms with E-state index in [1.165, 1.54) is 0 Å². The number of carbonyl (C=O) groups is 1. The van der Waals surface area contributed by atoms with Gasteiger partial charge in [0.1, 0.15) is 6.17 Å². The first-order valence-corrected chi connectivity index (χ1v) is 6.81. The first-order valence-electron chi connectivity index (χ1n) is 5.82. The molecule has 112 valence electrons. The fraction of sp³-hybridized carbons (Fsp3) is 0.462. The van der Waals surface area contributed by atoms with E-state index in [2.05, 4.69) is 0 Å². The molecule has 0 saturated carbocycles. The lowest BCUT2D eigenvalue weighted by molar-refractivity contribution is -0.112. The third kappa shape index (κ3) is 4.77. The molecule has 2 atom stereocenters. The number of rotatable bonds is 7. The standard InChI is InChI=1S/C13H13F5OS/c14-8-13(17,18)11(16)10(15)6-7-20-12(19)9-4-2-1-3-5-9/h1-5,10-11H,6-8H2. The summed E-state index contributed by atoms with van der Waals surface area (Å²) in [6, 6.07) is 8.11. The maximum atomic E-state index is 13.2. The number of hydrogen-bond acceptors (Lipinski definition) is 2. The summed E-state index contributed by atoms with van der Waals surface area (Å²) in [7, 11) is 0. The van der Waals surface area contributed by atoms with Gasteiger partial charge in [-0.1, -0.05) is 42.1 Å². The number of halogens is 5. The van der Waals surface area contributed by atoms with Crippen LogP contribution in [0.15, 0.2) is 30.3 Å². The lowest BCUT2D eigenvalue weighted by atomic mass is 10.1. The SMILES string of the molecule is O=C(SCCC(F)C(F)C(F)(F)CF)c1ccccc1. The average Bonchev–Trinajstić information content (AvgIpc) is 2.47. The third-order valence-corrected chi connectivity index (χ3v) is 3.47. The summed E-state index contributed by atoms with van der Waals surface area (Å²) in [5.41, 5.74) is 0.388. The summed E-state index contributed by atoms with van der Waals surface area (Å²) in [4.78, 5) is 11.6. The van der Waals surface area contributed by atoms with Crippen LogP contribution in [0.25, 0.3) is 0 Å². The van der Waals surface area contributed by atoms with Gasteiger partial charge in [-0.05, 0) is 6.42 Å². The molecule has 0 saturated heterocycles. The maximum Gasteiger partial charge on any atom is 0.309 e. The van der Waals surface area contributed by atoms with Gasteiger partial charge in [0.25, 0.3) is 0 Å². The Morgan fingerprint density at radius 2 is 1.80 bits per heavy atom. The lowest BCUT2D eigenvalue weighted by Crippen LogP contribution is -2.39. The zero-order valence-electron chi connectivity index (χ0n) is 10.4. The van der Waals surface area contributed by atoms with Crippen LogP contribution in [0.3, 0.4) is 0 Å². The Hall–Kier alpha value is -1.11. The number of carbonyl (C=O) groups excluding carboxylic acids is 1. The molecule has 0 aliphatic carbocycles. The topological polar surface area (TPSA) is 17.1 Å². The van der Waals surface area contributed by atoms with Gasteiger partial charge in [-0.25, -0.2) is 22.0 Å². The summed E-state index contributed by atoms with van der Waals surface area (Å²) in [5.74, 6) is -4.48. The quantitative estimate of drug-likeness (QED) is 0.701. The summed E-state index contributed by atoms with van der Waals surface area (Å²) < 4.78 is 63.2. The van der Waals surface area contributed by atoms with Crippen LogP contribution in [-0.4, -0.2) is 35.8 Å². The van der Waals surface area contributed by atoms with Crippen molar-refractivity contribution in [3.8, 4) is 0 Å². The van der Waals surface area contributed by atoms with Crippen LogP contribution in [0.1, 0.15) is 16.8 Å². The van der Waals surface area contributed by atoms with Crippen LogP contribution < -0.4 is 0 Å². The highest BCUT2D eigenvalue weighted by Gasteiger charge is 2.45. The van der Waals surface area contributed by atoms with Crippen molar-refractivity contribution >= 4 is 16.9 Å². The Bertz CT molecular complexity index is 426. The molecule has 0 N–H and O–H groups in total. The van der Waals surface area contributed by atoms with Crippen LogP contribution in [0.2, 0.25) is 0 Å². The van der Waals surface area contributed by atoms with Crippen LogP contribution in [0.5, 0.6) is 0 Å². The third-order valence-electron chi connectivity index (χ3n) is 2.54. The van der Waals surface area contributed by atoms with Crippen LogP contribution in [0, 0.1) is 0 Å². The molecular weight excluding hydrogens is 299 g/mol. The van der Waals surface area contributed by atoms with E-state index in [9.17, 15) is 26.7 Å². The smallest absolute Gasteiger partial charge is 0.282 e. The van der Waals surface area contributed by atoms with Crippen molar-refractivity contribution in [3.63, 3.8) is 0 Å². The number of benzene rings is 1. The zero-order valence-corrected chi connectivity index (χ0v) is 11.2. The van der Waals surface area contributed by atoms with Gasteiger partial charge in [0.15, 0.2) is 12.8 Å². The highest BCUT2D eigenvalue weighted by atomic mass is 32.2. The van der Waals surface area contributed by atoms with Gasteiger partial charge < -0.3 is 0 Å². The molecule has 0 amide bonds. The predicted molar refractivity (Wildman–Crippen MR) is 68.6 cm³/mol. The van der Waals surface area contributed by atoms with Crippen LogP contribution >= 0.6 is 11.8 Å². The summed E-state index contributed by atoms with van der Waals surface area (Å²) in [6.07, 6.45) is -6.28. The van der Waals surface area contributed by atoms with Crippen molar-refractivity contribution in [1.82, 2.24) is 0 Å². The molecular formula is C13H13F5OS. The van der Waals surface area contributed by atoms with E-state index in [4.69, 9.17) is 0 Å². The van der Waals surface area contributed by atoms with Crippen LogP contribution in [0.4, 0.5) is 22.0 Å². The van der Waals surface area contributed by atoms with E-state index < -0.39 is 31.4 Å². The van der Waals surface area contributed by atoms with Crippen molar-refractivity contribution in [2.75, 3.05) is 12.4 Å². The highest BCUT2D eigenvalue weighted by Crippen LogP contribution is 2.28. The molecule has 0 heterocycles. The summed E-state index contributed by atoms with van der Waals surface area (Å²) in [5, 5.41) is -0.356. The minimum absolute atomic E-state index is 0.155. The molecule has 7 heteroatoms. The average molecular weight is 312 g/mol. The van der Waals surface area contributed by atoms with E-state index >= 15 is 0 Å². The van der Waals surface area contributed by atoms with E-state index in [0.29, 0.717) is 17.3 Å². The van der Waals surface area contributed by atoms with Gasteiger partial charge in [0.2, 0.25) is 5.12 Å². The highest BCUT2D eigenvalue weighted by molar-refractivity contribution is 8.14. The molecule has 0 spiro atoms. The van der Waals surface area contributed by atoms with E-state index in [1.807, 2.05) is 0 Å². The number of thioether (sulfide) groups is 1. The van der Waals surface area contributed by atoms with Gasteiger partial charge in [-0.15, -0.1) is 0 Å². The Kier molecular flexibility index (Phi) is 6.45. The molecule has 0 radical (unpaired) electrons. The number of hydrogen-bond donors (Lipinski definition) is 0. The Morgan fingerprint density at radius 3 is 2.35 bits per heavy atom. The first kappa shape index (κ1) is 16.9. The van der Waals surface area contributed by atoms with Gasteiger partial charge in [-0.3, -0.25) is 4.79 Å². The molecule has 1 rings (SSSR count). The fourth-order valence-corrected chi connectivity index (χ4v) is 2.24. The second kappa shape index (κ2) is 7.61. The molecule has 1 aromatic rings. The predicted octanol–water partition coefficient (Wildman–Crippen LogP) is 4.23. The van der Waals surface area contributed by atoms with Gasteiger partial charge >= 0.3 is 5.92 Å². The summed E-state index contributed by atoms with van der Waals surface area (Å²) in [6.45, 7) is -2.25. The monoisotopic (exact) mass is 312 g/mol. The van der Waals surface area contributed by atoms with Crippen molar-refractivity contribution in [2.24, 2.45) is 0 Å². The van der Waals surface area contributed by atoms with E-state index in [0.717, 1.165) is 0 Å². The minimum Gasteiger partial charge on any atom is -0.282 e. The lowest BCUT2D eigenvalue weighted by Gasteiger charge is -2.20. The second-order valence-corrected chi connectivity index (χ2v) is 5.17. The molecule has 1 aromatic carbocycles. The number of alkyl halides is 5. The van der Waals surface area contributed by atoms with Crippen molar-refractivity contribution in [2.45, 2.75) is 24.7 Å². The van der Waals surface area contributed by atoms with E-state index in [-0.39, 0.29) is 10.9 Å². The molecule has 2 unspecified atom stereocenters. The fourth-order valence-electron chi connectivity index (χ4n) is 1.41. The molecule has 0 aliphatic heterocycles. The molecule has 0 aromatic heterocycles. The van der Waals surface area contributed by atoms with Crippen molar-refractivity contribution in [3.05, 3.63) is 35.9 Å². The Balaban J connectivity index is 2.39. The summed E-state index contributed by atoms with van der Waals surface area (Å²) >= 11 is 0.709. The van der Waals surface area contributed by atoms with E-state index in [1.54, 1.807) is 30.3 Å². The minimum atomic E-state index is -4.33. The van der Waals surface area contributed by atoms with Gasteiger partial charge in [0.05, 0.1) is 0 Å². The van der Waals surface area contributed by atoms with Crippen molar-refractivity contribution < 1.29 is 26.7 Å². The molecule has 0 bridgehead atoms. The molecule has 0 fully saturated rings. The van der Waals surface area contributed by atoms with Crippen molar-refractivity contribution in [1.29, 1.82) is 0 Å². The normalized spacial score (nSPS) is 14.8. The van der Waals surface area contributed by atoms with Gasteiger partial charge in [0, 0.05) is 11.3 Å². The first-order chi connectivity index (χ1) is 9.38. The van der Waals surface area contributed by atoms with Crippen LogP contribution in [-0.2, 0) is 0 Å². The van der Waals surface area contributed by atoms with Gasteiger partial charge in [-0.2, -0.15) is 0 Å². The molecule has 1 nitrogen and oxygen atoms in total. The molecule has 20 heavy (non-hydrogen) atoms. The Morgan fingerprint density at radius 1 is 1.20 bits per heavy atom. The second-order valence-electron chi connectivity index (χ2n) is 4.10.